The summed E-state index contributed by atoms with van der Waals surface area (Å²) in [7, 11) is -4.03. The van der Waals surface area contributed by atoms with Crippen LogP contribution in [0.5, 0.6) is 0 Å². The van der Waals surface area contributed by atoms with Crippen molar-refractivity contribution >= 4 is 22.6 Å². The number of hydrogen-bond donors (Lipinski definition) is 0. The maximum absolute atomic E-state index is 12.1. The molecular weight excluding hydrogens is 537 g/mol. The molecule has 0 spiro atoms. The molecule has 2 rings (SSSR count). The van der Waals surface area contributed by atoms with Gasteiger partial charge >= 0.3 is 5.97 Å². The van der Waals surface area contributed by atoms with Gasteiger partial charge in [0.2, 0.25) is 0 Å². The number of allylic oxidation sites excluding steroid dienone is 1. The third-order valence-corrected chi connectivity index (χ3v) is 18.7. The molecule has 40 heavy (non-hydrogen) atoms. The van der Waals surface area contributed by atoms with Crippen LogP contribution in [0.15, 0.2) is 12.2 Å². The Hall–Kier alpha value is -0.516. The van der Waals surface area contributed by atoms with Crippen molar-refractivity contribution < 1.29 is 27.9 Å². The maximum atomic E-state index is 12.1. The van der Waals surface area contributed by atoms with Gasteiger partial charge in [-0.3, -0.25) is 0 Å². The molecule has 1 unspecified atom stereocenters. The van der Waals surface area contributed by atoms with Gasteiger partial charge in [-0.05, 0) is 81.7 Å². The van der Waals surface area contributed by atoms with Crippen LogP contribution in [0.3, 0.4) is 0 Å². The Morgan fingerprint density at radius 2 is 1.48 bits per heavy atom. The van der Waals surface area contributed by atoms with E-state index in [9.17, 15) is 4.79 Å². The molecule has 234 valence electrons. The maximum Gasteiger partial charge on any atom is 0.330 e. The Kier molecular flexibility index (Phi) is 13.2. The number of carbonyl (C=O) groups is 1. The molecule has 2 fully saturated rings. The first kappa shape index (κ1) is 35.7. The predicted molar refractivity (Wildman–Crippen MR) is 170 cm³/mol. The highest BCUT2D eigenvalue weighted by molar-refractivity contribution is 6.74. The van der Waals surface area contributed by atoms with E-state index in [1.807, 2.05) is 6.08 Å². The summed E-state index contributed by atoms with van der Waals surface area (Å²) in [4.78, 5) is 12.1. The lowest BCUT2D eigenvalue weighted by atomic mass is 9.90. The molecule has 0 bridgehead atoms. The summed E-state index contributed by atoms with van der Waals surface area (Å²) >= 11 is 0. The van der Waals surface area contributed by atoms with E-state index in [2.05, 4.69) is 81.6 Å². The van der Waals surface area contributed by atoms with Crippen LogP contribution in [-0.4, -0.2) is 59.9 Å². The van der Waals surface area contributed by atoms with Crippen LogP contribution in [0.1, 0.15) is 107 Å². The fourth-order valence-electron chi connectivity index (χ4n) is 4.81. The van der Waals surface area contributed by atoms with Gasteiger partial charge < -0.3 is 23.1 Å². The van der Waals surface area contributed by atoms with Crippen LogP contribution in [0.2, 0.25) is 36.3 Å². The van der Waals surface area contributed by atoms with E-state index in [1.165, 1.54) is 32.1 Å². The Bertz CT molecular complexity index is 807. The van der Waals surface area contributed by atoms with Crippen molar-refractivity contribution in [3.05, 3.63) is 12.2 Å². The first-order valence-corrected chi connectivity index (χ1v) is 21.6. The molecule has 0 aromatic carbocycles. The van der Waals surface area contributed by atoms with Crippen LogP contribution in [0.4, 0.5) is 0 Å². The third-order valence-electron chi connectivity index (χ3n) is 9.69. The molecule has 1 saturated carbocycles. The van der Waals surface area contributed by atoms with Crippen molar-refractivity contribution in [2.45, 2.75) is 174 Å². The van der Waals surface area contributed by atoms with E-state index in [-0.39, 0.29) is 40.5 Å². The van der Waals surface area contributed by atoms with Crippen molar-refractivity contribution in [1.82, 2.24) is 0 Å². The van der Waals surface area contributed by atoms with E-state index < -0.39 is 22.9 Å². The predicted octanol–water partition coefficient (Wildman–Crippen LogP) is 8.77. The van der Waals surface area contributed by atoms with Gasteiger partial charge in [-0.25, -0.2) is 4.79 Å². The molecule has 6 nitrogen and oxygen atoms in total. The summed E-state index contributed by atoms with van der Waals surface area (Å²) < 4.78 is 32.2. The second-order valence-electron chi connectivity index (χ2n) is 15.3. The molecule has 0 radical (unpaired) electrons. The number of carbonyl (C=O) groups excluding carboxylic acids is 1. The lowest BCUT2D eigenvalue weighted by Crippen LogP contribution is -2.57. The Morgan fingerprint density at radius 3 is 2.02 bits per heavy atom. The molecule has 1 heterocycles. The first-order valence-electron chi connectivity index (χ1n) is 15.8. The Balaban J connectivity index is 1.97. The van der Waals surface area contributed by atoms with Crippen LogP contribution < -0.4 is 0 Å². The molecule has 0 aromatic heterocycles. The van der Waals surface area contributed by atoms with Crippen LogP contribution >= 0.6 is 0 Å². The van der Waals surface area contributed by atoms with Crippen molar-refractivity contribution in [2.24, 2.45) is 5.92 Å². The summed E-state index contributed by atoms with van der Waals surface area (Å²) in [5.74, 6) is 0.296. The summed E-state index contributed by atoms with van der Waals surface area (Å²) in [6, 6.07) is 0. The number of hydrogen-bond acceptors (Lipinski definition) is 6. The third kappa shape index (κ3) is 11.0. The molecule has 1 saturated heterocycles. The lowest BCUT2D eigenvalue weighted by molar-refractivity contribution is -0.268. The zero-order valence-corrected chi connectivity index (χ0v) is 29.9. The zero-order valence-electron chi connectivity index (χ0n) is 27.9. The monoisotopic (exact) mass is 598 g/mol. The molecule has 1 aliphatic carbocycles. The van der Waals surface area contributed by atoms with Crippen molar-refractivity contribution in [3.8, 4) is 0 Å². The Labute approximate surface area is 248 Å². The van der Waals surface area contributed by atoms with E-state index in [4.69, 9.17) is 23.1 Å². The molecule has 8 heteroatoms. The summed E-state index contributed by atoms with van der Waals surface area (Å²) in [6.07, 6.45) is 11.2. The number of rotatable bonds is 12. The topological polar surface area (TPSA) is 63.2 Å². The smallest absolute Gasteiger partial charge is 0.330 e. The fourth-order valence-corrected chi connectivity index (χ4v) is 7.52. The van der Waals surface area contributed by atoms with Crippen LogP contribution in [-0.2, 0) is 27.9 Å². The molecule has 0 N–H and O–H groups in total. The summed E-state index contributed by atoms with van der Waals surface area (Å²) in [5, 5.41) is 0.207. The minimum atomic E-state index is -2.06. The van der Waals surface area contributed by atoms with E-state index >= 15 is 0 Å². The fraction of sp³-hybridized carbons (Fsp3) is 0.906. The van der Waals surface area contributed by atoms with Gasteiger partial charge in [0.25, 0.3) is 0 Å². The van der Waals surface area contributed by atoms with Crippen LogP contribution in [0.25, 0.3) is 0 Å². The van der Waals surface area contributed by atoms with Crippen LogP contribution in [0, 0.1) is 5.92 Å². The van der Waals surface area contributed by atoms with Gasteiger partial charge in [0.05, 0.1) is 31.0 Å². The molecule has 0 aromatic rings. The largest absolute Gasteiger partial charge is 0.462 e. The number of ether oxygens (including phenoxy) is 3. The van der Waals surface area contributed by atoms with Crippen molar-refractivity contribution in [2.75, 3.05) is 6.61 Å². The molecule has 1 aliphatic heterocycles. The minimum absolute atomic E-state index is 0.0200. The lowest BCUT2D eigenvalue weighted by Gasteiger charge is -2.48. The normalized spacial score (nSPS) is 26.7. The quantitative estimate of drug-likeness (QED) is 0.127. The van der Waals surface area contributed by atoms with Crippen molar-refractivity contribution in [1.29, 1.82) is 0 Å². The standard InChI is InChI=1S/C32H62O6Si2/c1-24(18-16-17-21-29(33)34-23-26-19-14-13-15-20-26)35-30-28(38-40(11,12)32(6,7)8)22-27(25(2)36-30)37-39(9,10)31(3,4)5/h17,21,24-28,30H,13-16,18-20,22-23H2,1-12H3/b21-17+/t24?,25-,27+,28+,30+/m0/s1. The second kappa shape index (κ2) is 14.8. The number of esters is 1. The molecule has 0 amide bonds. The van der Waals surface area contributed by atoms with E-state index in [1.54, 1.807) is 6.08 Å². The minimum Gasteiger partial charge on any atom is -0.462 e. The van der Waals surface area contributed by atoms with Gasteiger partial charge in [0.1, 0.15) is 0 Å². The first-order chi connectivity index (χ1) is 18.3. The second-order valence-corrected chi connectivity index (χ2v) is 24.9. The zero-order chi connectivity index (χ0) is 30.4. The van der Waals surface area contributed by atoms with Gasteiger partial charge in [0.15, 0.2) is 22.9 Å². The highest BCUT2D eigenvalue weighted by atomic mass is 28.4. The summed E-state index contributed by atoms with van der Waals surface area (Å²) in [6.45, 7) is 27.5. The van der Waals surface area contributed by atoms with Gasteiger partial charge in [-0.1, -0.05) is 66.9 Å². The van der Waals surface area contributed by atoms with E-state index in [0.717, 1.165) is 19.3 Å². The van der Waals surface area contributed by atoms with Gasteiger partial charge in [-0.2, -0.15) is 0 Å². The molecule has 2 aliphatic rings. The molecular formula is C32H62O6Si2. The summed E-state index contributed by atoms with van der Waals surface area (Å²) in [5.41, 5.74) is 0. The van der Waals surface area contributed by atoms with E-state index in [0.29, 0.717) is 12.5 Å². The highest BCUT2D eigenvalue weighted by Gasteiger charge is 2.48. The average Bonchev–Trinajstić information content (AvgIpc) is 2.82. The van der Waals surface area contributed by atoms with Crippen molar-refractivity contribution in [3.63, 3.8) is 0 Å². The highest BCUT2D eigenvalue weighted by Crippen LogP contribution is 2.42. The van der Waals surface area contributed by atoms with Gasteiger partial charge in [-0.15, -0.1) is 0 Å². The average molecular weight is 599 g/mol. The van der Waals surface area contributed by atoms with Gasteiger partial charge in [0, 0.05) is 12.5 Å². The Morgan fingerprint density at radius 1 is 0.925 bits per heavy atom. The SMILES string of the molecule is CC(CC/C=C/C(=O)OCC1CCCCC1)O[C@@H]1O[C@@H](C)[C@H](O[Si](C)(C)C(C)(C)C)C[C@H]1O[Si](C)(C)C(C)(C)C. The molecule has 5 atom stereocenters.